The second kappa shape index (κ2) is 34.1. The van der Waals surface area contributed by atoms with Gasteiger partial charge >= 0.3 is 17.9 Å². The monoisotopic (exact) mass is 744 g/mol. The molecule has 53 heavy (non-hydrogen) atoms. The van der Waals surface area contributed by atoms with E-state index < -0.39 is 0 Å². The van der Waals surface area contributed by atoms with Gasteiger partial charge in [-0.1, -0.05) is 155 Å². The van der Waals surface area contributed by atoms with Crippen LogP contribution < -0.4 is 0 Å². The Kier molecular flexibility index (Phi) is 31.3. The number of esters is 3. The zero-order valence-corrected chi connectivity index (χ0v) is 35.1. The summed E-state index contributed by atoms with van der Waals surface area (Å²) in [6.07, 6.45) is 29.2. The molecule has 0 amide bonds. The van der Waals surface area contributed by atoms with Crippen LogP contribution in [0.2, 0.25) is 0 Å². The first-order valence-corrected chi connectivity index (χ1v) is 22.0. The summed E-state index contributed by atoms with van der Waals surface area (Å²) < 4.78 is 16.9. The number of benzene rings is 1. The summed E-state index contributed by atoms with van der Waals surface area (Å²) in [4.78, 5) is 39.6. The highest BCUT2D eigenvalue weighted by Gasteiger charge is 2.16. The van der Waals surface area contributed by atoms with E-state index in [0.29, 0.717) is 31.8 Å². The van der Waals surface area contributed by atoms with Crippen LogP contribution in [-0.2, 0) is 48.4 Å². The summed E-state index contributed by atoms with van der Waals surface area (Å²) in [6.45, 7) is 8.38. The van der Waals surface area contributed by atoms with Gasteiger partial charge in [0.2, 0.25) is 0 Å². The Morgan fingerprint density at radius 1 is 0.491 bits per heavy atom. The number of ether oxygens (including phenoxy) is 3. The number of hydrogen-bond donors (Lipinski definition) is 0. The first-order valence-electron chi connectivity index (χ1n) is 22.0. The number of unbranched alkanes of at least 4 members (excludes halogenated alkanes) is 18. The fraction of sp³-hybridized carbons (Fsp3) is 0.804. The van der Waals surface area contributed by atoms with E-state index in [1.807, 2.05) is 20.2 Å². The van der Waals surface area contributed by atoms with Crippen molar-refractivity contribution in [2.75, 3.05) is 20.7 Å². The molecular formula is C46H81NO6. The summed E-state index contributed by atoms with van der Waals surface area (Å²) in [6, 6.07) is 6.18. The third-order valence-corrected chi connectivity index (χ3v) is 10.1. The van der Waals surface area contributed by atoms with Gasteiger partial charge in [-0.15, -0.1) is 0 Å². The molecule has 0 atom stereocenters. The van der Waals surface area contributed by atoms with Crippen LogP contribution in [0.15, 0.2) is 18.2 Å². The van der Waals surface area contributed by atoms with Crippen molar-refractivity contribution in [1.82, 2.24) is 4.90 Å². The van der Waals surface area contributed by atoms with Gasteiger partial charge in [0.15, 0.2) is 0 Å². The predicted octanol–water partition coefficient (Wildman–Crippen LogP) is 12.6. The van der Waals surface area contributed by atoms with E-state index in [2.05, 4.69) is 37.8 Å². The Bertz CT molecular complexity index is 1040. The van der Waals surface area contributed by atoms with Gasteiger partial charge < -0.3 is 19.1 Å². The lowest BCUT2D eigenvalue weighted by Gasteiger charge is -2.17. The van der Waals surface area contributed by atoms with Crippen molar-refractivity contribution in [3.63, 3.8) is 0 Å². The smallest absolute Gasteiger partial charge is 0.306 e. The lowest BCUT2D eigenvalue weighted by atomic mass is 9.91. The summed E-state index contributed by atoms with van der Waals surface area (Å²) in [7, 11) is 4.06. The summed E-state index contributed by atoms with van der Waals surface area (Å²) in [5, 5.41) is 0. The zero-order chi connectivity index (χ0) is 38.8. The molecule has 0 aliphatic carbocycles. The molecule has 0 bridgehead atoms. The van der Waals surface area contributed by atoms with Crippen LogP contribution in [0, 0.1) is 5.92 Å². The van der Waals surface area contributed by atoms with Crippen molar-refractivity contribution < 1.29 is 28.6 Å². The summed E-state index contributed by atoms with van der Waals surface area (Å²) in [5.41, 5.74) is 2.96. The highest BCUT2D eigenvalue weighted by molar-refractivity contribution is 5.70. The molecule has 0 saturated carbocycles. The molecule has 0 aromatic heterocycles. The largest absolute Gasteiger partial charge is 0.466 e. The van der Waals surface area contributed by atoms with E-state index in [0.717, 1.165) is 81.0 Å². The standard InChI is InChI=1S/C46H81NO6/c1-6-9-12-15-19-23-28-40(29-24-20-16-13-10-7-2)36-46(50)53-39-43-34-41(37-47(4)5)33-42(35-43)38-52-45(49)31-26-21-17-22-27-32-51-44(48)30-25-18-14-11-8-3/h33-35,40H,6-32,36-39H2,1-5H3. The minimum absolute atomic E-state index is 0.0778. The average Bonchev–Trinajstić information content (AvgIpc) is 3.13. The summed E-state index contributed by atoms with van der Waals surface area (Å²) >= 11 is 0. The van der Waals surface area contributed by atoms with Gasteiger partial charge in [0.05, 0.1) is 6.61 Å². The lowest BCUT2D eigenvalue weighted by molar-refractivity contribution is -0.146. The maximum absolute atomic E-state index is 13.1. The number of carbonyl (C=O) groups is 3. The minimum Gasteiger partial charge on any atom is -0.466 e. The molecule has 0 saturated heterocycles. The Labute approximate surface area is 326 Å². The van der Waals surface area contributed by atoms with E-state index in [-0.39, 0.29) is 31.1 Å². The Morgan fingerprint density at radius 3 is 1.38 bits per heavy atom. The highest BCUT2D eigenvalue weighted by Crippen LogP contribution is 2.24. The van der Waals surface area contributed by atoms with Crippen molar-refractivity contribution in [3.8, 4) is 0 Å². The quantitative estimate of drug-likeness (QED) is 0.0384. The van der Waals surface area contributed by atoms with Crippen molar-refractivity contribution in [2.45, 2.75) is 214 Å². The van der Waals surface area contributed by atoms with E-state index in [4.69, 9.17) is 14.2 Å². The van der Waals surface area contributed by atoms with Crippen LogP contribution in [0.3, 0.4) is 0 Å². The van der Waals surface area contributed by atoms with E-state index in [1.54, 1.807) is 0 Å². The molecular weight excluding hydrogens is 663 g/mol. The Balaban J connectivity index is 2.48. The van der Waals surface area contributed by atoms with Crippen molar-refractivity contribution in [1.29, 1.82) is 0 Å². The Hall–Kier alpha value is -2.41. The van der Waals surface area contributed by atoms with Gasteiger partial charge in [-0.3, -0.25) is 14.4 Å². The van der Waals surface area contributed by atoms with Gasteiger partial charge in [0.1, 0.15) is 13.2 Å². The van der Waals surface area contributed by atoms with Crippen molar-refractivity contribution in [3.05, 3.63) is 34.9 Å². The topological polar surface area (TPSA) is 82.1 Å². The number of hydrogen-bond acceptors (Lipinski definition) is 7. The third kappa shape index (κ3) is 29.6. The molecule has 0 radical (unpaired) electrons. The third-order valence-electron chi connectivity index (χ3n) is 10.1. The van der Waals surface area contributed by atoms with Crippen LogP contribution >= 0.6 is 0 Å². The maximum atomic E-state index is 13.1. The summed E-state index contributed by atoms with van der Waals surface area (Å²) in [5.74, 6) is 0.0259. The van der Waals surface area contributed by atoms with Crippen molar-refractivity contribution in [2.24, 2.45) is 5.92 Å². The van der Waals surface area contributed by atoms with Crippen LogP contribution in [0.4, 0.5) is 0 Å². The molecule has 0 unspecified atom stereocenters. The van der Waals surface area contributed by atoms with Crippen LogP contribution in [0.1, 0.15) is 211 Å². The average molecular weight is 744 g/mol. The van der Waals surface area contributed by atoms with Gasteiger partial charge in [-0.2, -0.15) is 0 Å². The molecule has 1 rings (SSSR count). The molecule has 7 nitrogen and oxygen atoms in total. The molecule has 0 spiro atoms. The first-order chi connectivity index (χ1) is 25.8. The van der Waals surface area contributed by atoms with Crippen LogP contribution in [-0.4, -0.2) is 43.5 Å². The normalized spacial score (nSPS) is 11.4. The van der Waals surface area contributed by atoms with Crippen LogP contribution in [0.25, 0.3) is 0 Å². The number of nitrogens with zero attached hydrogens (tertiary/aromatic N) is 1. The minimum atomic E-state index is -0.189. The van der Waals surface area contributed by atoms with Gasteiger partial charge in [-0.05, 0) is 74.9 Å². The highest BCUT2D eigenvalue weighted by atomic mass is 16.5. The van der Waals surface area contributed by atoms with Crippen molar-refractivity contribution >= 4 is 17.9 Å². The van der Waals surface area contributed by atoms with Gasteiger partial charge in [-0.25, -0.2) is 0 Å². The molecule has 1 aromatic carbocycles. The molecule has 7 heteroatoms. The molecule has 0 heterocycles. The second-order valence-electron chi connectivity index (χ2n) is 15.8. The predicted molar refractivity (Wildman–Crippen MR) is 220 cm³/mol. The lowest BCUT2D eigenvalue weighted by Crippen LogP contribution is -2.14. The molecule has 0 fully saturated rings. The molecule has 0 aliphatic rings. The van der Waals surface area contributed by atoms with Crippen LogP contribution in [0.5, 0.6) is 0 Å². The fourth-order valence-electron chi connectivity index (χ4n) is 6.96. The van der Waals surface area contributed by atoms with Gasteiger partial charge in [0, 0.05) is 25.8 Å². The number of rotatable bonds is 36. The SMILES string of the molecule is CCCCCCCCC(CCCCCCCC)CC(=O)OCc1cc(COC(=O)CCCCCCCOC(=O)CCCCCCC)cc(CN(C)C)c1. The zero-order valence-electron chi connectivity index (χ0n) is 35.1. The van der Waals surface area contributed by atoms with E-state index >= 15 is 0 Å². The first kappa shape index (κ1) is 48.6. The molecule has 1 aromatic rings. The van der Waals surface area contributed by atoms with E-state index in [9.17, 15) is 14.4 Å². The Morgan fingerprint density at radius 2 is 0.887 bits per heavy atom. The second-order valence-corrected chi connectivity index (χ2v) is 15.8. The molecule has 306 valence electrons. The number of carbonyl (C=O) groups excluding carboxylic acids is 3. The molecule has 0 N–H and O–H groups in total. The fourth-order valence-corrected chi connectivity index (χ4v) is 6.96. The van der Waals surface area contributed by atoms with E-state index in [1.165, 1.54) is 96.3 Å². The molecule has 0 aliphatic heterocycles. The maximum Gasteiger partial charge on any atom is 0.306 e. The van der Waals surface area contributed by atoms with Gasteiger partial charge in [0.25, 0.3) is 0 Å².